The van der Waals surface area contributed by atoms with Crippen molar-refractivity contribution < 1.29 is 21.1 Å². The van der Waals surface area contributed by atoms with Crippen LogP contribution in [-0.2, 0) is 27.7 Å². The third-order valence-electron chi connectivity index (χ3n) is 1.35. The van der Waals surface area contributed by atoms with Gasteiger partial charge >= 0.3 is 30.0 Å². The summed E-state index contributed by atoms with van der Waals surface area (Å²) in [5.74, 6) is 0. The first-order valence-electron chi connectivity index (χ1n) is 4.13. The van der Waals surface area contributed by atoms with E-state index in [0.717, 1.165) is 5.56 Å². The molecule has 0 bridgehead atoms. The van der Waals surface area contributed by atoms with E-state index in [2.05, 4.69) is 19.7 Å². The van der Waals surface area contributed by atoms with E-state index in [-0.39, 0.29) is 0 Å². The van der Waals surface area contributed by atoms with Gasteiger partial charge in [0.1, 0.15) is 0 Å². The Morgan fingerprint density at radius 2 is 2.15 bits per heavy atom. The van der Waals surface area contributed by atoms with Gasteiger partial charge in [0.15, 0.2) is 0 Å². The summed E-state index contributed by atoms with van der Waals surface area (Å²) in [6.45, 7) is 4.73. The molecule has 1 nitrogen and oxygen atoms in total. The SMILES string of the molecule is CC(C)OCc1[c-]cccc1.[Zn+][Br]. The van der Waals surface area contributed by atoms with Gasteiger partial charge in [0.25, 0.3) is 0 Å². The van der Waals surface area contributed by atoms with Crippen molar-refractivity contribution in [3.8, 4) is 0 Å². The monoisotopic (exact) mass is 292 g/mol. The van der Waals surface area contributed by atoms with Gasteiger partial charge in [0.05, 0.1) is 6.10 Å². The molecule has 68 valence electrons. The summed E-state index contributed by atoms with van der Waals surface area (Å²) < 4.78 is 5.40. The average Bonchev–Trinajstić information content (AvgIpc) is 2.19. The fourth-order valence-corrected chi connectivity index (χ4v) is 0.777. The Morgan fingerprint density at radius 1 is 1.46 bits per heavy atom. The second kappa shape index (κ2) is 8.86. The van der Waals surface area contributed by atoms with Gasteiger partial charge < -0.3 is 4.74 Å². The first-order chi connectivity index (χ1) is 6.29. The molecule has 0 N–H and O–H groups in total. The van der Waals surface area contributed by atoms with E-state index in [1.54, 1.807) is 0 Å². The van der Waals surface area contributed by atoms with E-state index in [1.807, 2.05) is 38.1 Å². The molecule has 0 aromatic heterocycles. The first kappa shape index (κ1) is 13.3. The van der Waals surface area contributed by atoms with Crippen molar-refractivity contribution in [2.24, 2.45) is 0 Å². The third kappa shape index (κ3) is 7.36. The van der Waals surface area contributed by atoms with Crippen molar-refractivity contribution >= 4 is 13.6 Å². The zero-order valence-corrected chi connectivity index (χ0v) is 12.6. The maximum absolute atomic E-state index is 5.40. The number of hydrogen-bond acceptors (Lipinski definition) is 1. The Hall–Kier alpha value is 0.283. The van der Waals surface area contributed by atoms with Gasteiger partial charge in [-0.2, -0.15) is 30.3 Å². The van der Waals surface area contributed by atoms with Crippen molar-refractivity contribution in [1.82, 2.24) is 0 Å². The van der Waals surface area contributed by atoms with Gasteiger partial charge in [-0.25, -0.2) is 0 Å². The van der Waals surface area contributed by atoms with Crippen LogP contribution in [0.5, 0.6) is 0 Å². The van der Waals surface area contributed by atoms with E-state index >= 15 is 0 Å². The molecule has 0 aliphatic carbocycles. The summed E-state index contributed by atoms with van der Waals surface area (Å²) in [7, 11) is 0. The molecule has 0 radical (unpaired) electrons. The first-order valence-corrected chi connectivity index (χ1v) is 11.1. The fourth-order valence-electron chi connectivity index (χ4n) is 0.777. The van der Waals surface area contributed by atoms with Gasteiger partial charge in [-0.3, -0.25) is 0 Å². The molecule has 0 atom stereocenters. The van der Waals surface area contributed by atoms with Crippen molar-refractivity contribution in [1.29, 1.82) is 0 Å². The van der Waals surface area contributed by atoms with Crippen LogP contribution >= 0.6 is 13.6 Å². The molecule has 0 aliphatic rings. The van der Waals surface area contributed by atoms with E-state index < -0.39 is 0 Å². The number of hydrogen-bond donors (Lipinski definition) is 0. The molecule has 0 saturated carbocycles. The van der Waals surface area contributed by atoms with Gasteiger partial charge in [-0.05, 0) is 13.8 Å². The van der Waals surface area contributed by atoms with E-state index in [1.165, 1.54) is 16.3 Å². The van der Waals surface area contributed by atoms with Crippen LogP contribution in [0.4, 0.5) is 0 Å². The minimum atomic E-state index is 0.295. The van der Waals surface area contributed by atoms with Crippen molar-refractivity contribution in [2.45, 2.75) is 26.6 Å². The van der Waals surface area contributed by atoms with E-state index in [0.29, 0.717) is 12.7 Å². The Bertz CT molecular complexity index is 201. The van der Waals surface area contributed by atoms with Crippen LogP contribution in [0.25, 0.3) is 0 Å². The zero-order valence-electron chi connectivity index (χ0n) is 8.09. The van der Waals surface area contributed by atoms with E-state index in [4.69, 9.17) is 4.74 Å². The van der Waals surface area contributed by atoms with Gasteiger partial charge in [0.2, 0.25) is 0 Å². The number of rotatable bonds is 3. The van der Waals surface area contributed by atoms with Crippen LogP contribution < -0.4 is 0 Å². The molecule has 0 amide bonds. The van der Waals surface area contributed by atoms with Crippen LogP contribution in [0.2, 0.25) is 0 Å². The number of benzene rings is 1. The normalized spacial score (nSPS) is 9.38. The standard InChI is InChI=1S/C10H13O.BrH.Zn/c1-9(2)11-8-10-6-4-3-5-7-10;;/h3-6,9H,8H2,1-2H3;1H;/q-1;;+2/p-1. The molecule has 3 heteroatoms. The summed E-state index contributed by atoms with van der Waals surface area (Å²) in [5.41, 5.74) is 1.11. The molecule has 0 heterocycles. The van der Waals surface area contributed by atoms with Gasteiger partial charge in [-0.15, -0.1) is 5.56 Å². The zero-order chi connectivity index (χ0) is 10.1. The molecule has 1 aromatic carbocycles. The average molecular weight is 295 g/mol. The van der Waals surface area contributed by atoms with Crippen LogP contribution in [0, 0.1) is 6.07 Å². The molecule has 1 aromatic rings. The van der Waals surface area contributed by atoms with Crippen molar-refractivity contribution in [3.63, 3.8) is 0 Å². The van der Waals surface area contributed by atoms with Gasteiger partial charge in [-0.1, -0.05) is 0 Å². The molecular formula is C10H13BrOZn. The molecule has 0 saturated heterocycles. The van der Waals surface area contributed by atoms with Crippen LogP contribution in [0.1, 0.15) is 19.4 Å². The van der Waals surface area contributed by atoms with Crippen molar-refractivity contribution in [3.05, 3.63) is 35.9 Å². The van der Waals surface area contributed by atoms with Gasteiger partial charge in [0, 0.05) is 6.61 Å². The second-order valence-corrected chi connectivity index (χ2v) is 2.75. The number of ether oxygens (including phenoxy) is 1. The molecule has 0 fully saturated rings. The Balaban J connectivity index is 0.000000671. The summed E-state index contributed by atoms with van der Waals surface area (Å²) in [6.07, 6.45) is 0.295. The molecule has 0 spiro atoms. The predicted octanol–water partition coefficient (Wildman–Crippen LogP) is 3.25. The summed E-state index contributed by atoms with van der Waals surface area (Å²) in [6, 6.07) is 11.0. The molecule has 0 aliphatic heterocycles. The van der Waals surface area contributed by atoms with Crippen LogP contribution in [0.3, 0.4) is 0 Å². The number of halogens is 1. The minimum absolute atomic E-state index is 0.295. The summed E-state index contributed by atoms with van der Waals surface area (Å²) in [4.78, 5) is 0. The fraction of sp³-hybridized carbons (Fsp3) is 0.400. The van der Waals surface area contributed by atoms with Crippen LogP contribution in [0.15, 0.2) is 24.3 Å². The molecule has 0 unspecified atom stereocenters. The van der Waals surface area contributed by atoms with Crippen LogP contribution in [-0.4, -0.2) is 6.10 Å². The Morgan fingerprint density at radius 3 is 2.62 bits per heavy atom. The maximum atomic E-state index is 5.40. The Labute approximate surface area is 96.9 Å². The molecular weight excluding hydrogens is 281 g/mol. The molecule has 1 rings (SSSR count). The quantitative estimate of drug-likeness (QED) is 0.614. The summed E-state index contributed by atoms with van der Waals surface area (Å²) >= 11 is 4.25. The predicted molar refractivity (Wildman–Crippen MR) is 54.1 cm³/mol. The third-order valence-corrected chi connectivity index (χ3v) is 1.35. The second-order valence-electron chi connectivity index (χ2n) is 2.75. The molecule has 13 heavy (non-hydrogen) atoms. The summed E-state index contributed by atoms with van der Waals surface area (Å²) in [5, 5.41) is 0. The Kier molecular flexibility index (Phi) is 9.06. The topological polar surface area (TPSA) is 9.23 Å². The van der Waals surface area contributed by atoms with E-state index in [9.17, 15) is 0 Å². The van der Waals surface area contributed by atoms with Crippen molar-refractivity contribution in [2.75, 3.05) is 0 Å².